The van der Waals surface area contributed by atoms with E-state index in [4.69, 9.17) is 4.74 Å². The number of aliphatic hydroxyl groups is 1. The number of ketones is 1. The van der Waals surface area contributed by atoms with Crippen LogP contribution in [0.5, 0.6) is 0 Å². The van der Waals surface area contributed by atoms with Crippen molar-refractivity contribution in [2.45, 2.75) is 34.6 Å². The van der Waals surface area contributed by atoms with Crippen LogP contribution >= 0.6 is 0 Å². The van der Waals surface area contributed by atoms with Crippen molar-refractivity contribution in [3.63, 3.8) is 0 Å². The van der Waals surface area contributed by atoms with Crippen molar-refractivity contribution in [1.29, 1.82) is 0 Å². The molecule has 0 radical (unpaired) electrons. The lowest BCUT2D eigenvalue weighted by Crippen LogP contribution is -1.93. The second-order valence-corrected chi connectivity index (χ2v) is 2.79. The second kappa shape index (κ2) is 10.0. The molecular weight excluding hydrogens is 204 g/mol. The van der Waals surface area contributed by atoms with Crippen LogP contribution in [0.3, 0.4) is 0 Å². The molecule has 0 fully saturated rings. The van der Waals surface area contributed by atoms with Crippen LogP contribution in [-0.2, 0) is 9.53 Å². The number of hydrogen-bond donors (Lipinski definition) is 1. The maximum atomic E-state index is 10.8. The Morgan fingerprint density at radius 1 is 1.31 bits per heavy atom. The van der Waals surface area contributed by atoms with Gasteiger partial charge in [0.15, 0.2) is 11.5 Å². The zero-order chi connectivity index (χ0) is 13.1. The van der Waals surface area contributed by atoms with E-state index in [-0.39, 0.29) is 11.5 Å². The van der Waals surface area contributed by atoms with Crippen molar-refractivity contribution in [3.05, 3.63) is 35.8 Å². The summed E-state index contributed by atoms with van der Waals surface area (Å²) in [7, 11) is 0. The molecule has 0 unspecified atom stereocenters. The van der Waals surface area contributed by atoms with Crippen LogP contribution < -0.4 is 0 Å². The number of rotatable bonds is 5. The van der Waals surface area contributed by atoms with Gasteiger partial charge in [-0.1, -0.05) is 20.4 Å². The minimum atomic E-state index is -0.122. The quantitative estimate of drug-likeness (QED) is 0.443. The van der Waals surface area contributed by atoms with Gasteiger partial charge >= 0.3 is 0 Å². The highest BCUT2D eigenvalue weighted by Crippen LogP contribution is 2.05. The highest BCUT2D eigenvalue weighted by atomic mass is 16.5. The molecule has 0 aromatic rings. The molecule has 0 saturated carbocycles. The van der Waals surface area contributed by atoms with E-state index in [1.54, 1.807) is 6.92 Å². The standard InChI is InChI=1S/C11H16O3.C2H6/c1-5-14-10(4)11(13)7-6-8(2)9(3)12;1-2/h6-7,13H,2,5H2,1,3-4H3;1-2H3/b7-6-,11-10-;. The Labute approximate surface area is 98.1 Å². The number of aliphatic hydroxyl groups excluding tert-OH is 1. The molecule has 1 N–H and O–H groups in total. The Balaban J connectivity index is 0. The maximum Gasteiger partial charge on any atom is 0.159 e. The van der Waals surface area contributed by atoms with Gasteiger partial charge in [0.1, 0.15) is 5.76 Å². The summed E-state index contributed by atoms with van der Waals surface area (Å²) in [4.78, 5) is 10.8. The maximum absolute atomic E-state index is 10.8. The van der Waals surface area contributed by atoms with E-state index in [2.05, 4.69) is 6.58 Å². The first-order chi connectivity index (χ1) is 7.49. The first-order valence-corrected chi connectivity index (χ1v) is 5.39. The lowest BCUT2D eigenvalue weighted by molar-refractivity contribution is -0.113. The molecule has 0 aromatic carbocycles. The highest BCUT2D eigenvalue weighted by molar-refractivity contribution is 5.95. The average Bonchev–Trinajstić information content (AvgIpc) is 2.28. The van der Waals surface area contributed by atoms with Gasteiger partial charge < -0.3 is 9.84 Å². The third-order valence-corrected chi connectivity index (χ3v) is 1.62. The second-order valence-electron chi connectivity index (χ2n) is 2.79. The molecule has 92 valence electrons. The van der Waals surface area contributed by atoms with E-state index >= 15 is 0 Å². The van der Waals surface area contributed by atoms with E-state index in [1.165, 1.54) is 19.1 Å². The fourth-order valence-corrected chi connectivity index (χ4v) is 0.705. The molecule has 0 rings (SSSR count). The van der Waals surface area contributed by atoms with Gasteiger partial charge in [-0.25, -0.2) is 0 Å². The SMILES string of the molecule is C=C(/C=C\C(O)=C(/C)OCC)C(C)=O.CC. The molecule has 0 bridgehead atoms. The van der Waals surface area contributed by atoms with Gasteiger partial charge in [-0.2, -0.15) is 0 Å². The number of carbonyl (C=O) groups excluding carboxylic acids is 1. The number of hydrogen-bond acceptors (Lipinski definition) is 3. The highest BCUT2D eigenvalue weighted by Gasteiger charge is 1.98. The van der Waals surface area contributed by atoms with E-state index < -0.39 is 0 Å². The van der Waals surface area contributed by atoms with Crippen molar-refractivity contribution < 1.29 is 14.6 Å². The average molecular weight is 226 g/mol. The smallest absolute Gasteiger partial charge is 0.159 e. The van der Waals surface area contributed by atoms with Gasteiger partial charge in [-0.15, -0.1) is 0 Å². The normalized spacial score (nSPS) is 11.3. The summed E-state index contributed by atoms with van der Waals surface area (Å²) in [6.07, 6.45) is 2.86. The van der Waals surface area contributed by atoms with Gasteiger partial charge in [0.05, 0.1) is 6.61 Å². The van der Waals surface area contributed by atoms with E-state index in [0.29, 0.717) is 17.9 Å². The summed E-state index contributed by atoms with van der Waals surface area (Å²) >= 11 is 0. The molecule has 0 saturated heterocycles. The topological polar surface area (TPSA) is 46.5 Å². The van der Waals surface area contributed by atoms with Crippen LogP contribution in [0.4, 0.5) is 0 Å². The van der Waals surface area contributed by atoms with Crippen molar-refractivity contribution >= 4 is 5.78 Å². The lowest BCUT2D eigenvalue weighted by atomic mass is 10.2. The van der Waals surface area contributed by atoms with Crippen LogP contribution in [-0.4, -0.2) is 17.5 Å². The zero-order valence-electron chi connectivity index (χ0n) is 10.8. The van der Waals surface area contributed by atoms with Gasteiger partial charge in [0.2, 0.25) is 0 Å². The molecule has 0 aliphatic heterocycles. The Bertz CT molecular complexity index is 286. The number of ether oxygens (including phenoxy) is 1. The van der Waals surface area contributed by atoms with E-state index in [1.807, 2.05) is 20.8 Å². The largest absolute Gasteiger partial charge is 0.504 e. The fourth-order valence-electron chi connectivity index (χ4n) is 0.705. The Kier molecular flexibility index (Phi) is 10.6. The molecule has 3 heteroatoms. The van der Waals surface area contributed by atoms with Crippen molar-refractivity contribution in [2.75, 3.05) is 6.61 Å². The van der Waals surface area contributed by atoms with Gasteiger partial charge in [0, 0.05) is 5.57 Å². The summed E-state index contributed by atoms with van der Waals surface area (Å²) in [6.45, 7) is 12.9. The van der Waals surface area contributed by atoms with Crippen LogP contribution in [0.2, 0.25) is 0 Å². The minimum Gasteiger partial charge on any atom is -0.504 e. The predicted octanol–water partition coefficient (Wildman–Crippen LogP) is 3.54. The molecule has 0 aliphatic carbocycles. The summed E-state index contributed by atoms with van der Waals surface area (Å²) in [5.41, 5.74) is 0.348. The van der Waals surface area contributed by atoms with Crippen LogP contribution in [0, 0.1) is 0 Å². The van der Waals surface area contributed by atoms with E-state index in [0.717, 1.165) is 0 Å². The lowest BCUT2D eigenvalue weighted by Gasteiger charge is -2.03. The third-order valence-electron chi connectivity index (χ3n) is 1.62. The molecule has 3 nitrogen and oxygen atoms in total. The van der Waals surface area contributed by atoms with Crippen molar-refractivity contribution in [1.82, 2.24) is 0 Å². The molecule has 0 aliphatic rings. The van der Waals surface area contributed by atoms with Gasteiger partial charge in [-0.05, 0) is 32.9 Å². The van der Waals surface area contributed by atoms with Crippen molar-refractivity contribution in [3.8, 4) is 0 Å². The molecule has 0 aromatic heterocycles. The molecule has 0 heterocycles. The summed E-state index contributed by atoms with van der Waals surface area (Å²) in [6, 6.07) is 0. The predicted molar refractivity (Wildman–Crippen MR) is 67.3 cm³/mol. The summed E-state index contributed by atoms with van der Waals surface area (Å²) in [5.74, 6) is 0.317. The molecule has 0 amide bonds. The van der Waals surface area contributed by atoms with Gasteiger partial charge in [0.25, 0.3) is 0 Å². The first-order valence-electron chi connectivity index (χ1n) is 5.39. The number of Topliss-reactive ketones (excluding diaryl/α,β-unsaturated/α-hetero) is 1. The zero-order valence-corrected chi connectivity index (χ0v) is 10.8. The first kappa shape index (κ1) is 16.9. The third kappa shape index (κ3) is 7.85. The summed E-state index contributed by atoms with van der Waals surface area (Å²) < 4.78 is 5.06. The Morgan fingerprint density at radius 3 is 2.19 bits per heavy atom. The van der Waals surface area contributed by atoms with Crippen molar-refractivity contribution in [2.24, 2.45) is 0 Å². The molecule has 0 atom stereocenters. The number of allylic oxidation sites excluding steroid dienone is 4. The Morgan fingerprint density at radius 2 is 1.81 bits per heavy atom. The molecular formula is C13H22O3. The Hall–Kier alpha value is -1.51. The van der Waals surface area contributed by atoms with Crippen LogP contribution in [0.15, 0.2) is 35.8 Å². The minimum absolute atomic E-state index is 0.00856. The number of carbonyl (C=O) groups is 1. The monoisotopic (exact) mass is 226 g/mol. The van der Waals surface area contributed by atoms with Gasteiger partial charge in [-0.3, -0.25) is 4.79 Å². The molecule has 16 heavy (non-hydrogen) atoms. The molecule has 0 spiro atoms. The van der Waals surface area contributed by atoms with E-state index in [9.17, 15) is 9.90 Å². The van der Waals surface area contributed by atoms with Crippen LogP contribution in [0.25, 0.3) is 0 Å². The fraction of sp³-hybridized carbons (Fsp3) is 0.462. The summed E-state index contributed by atoms with van der Waals surface area (Å²) in [5, 5.41) is 9.39. The van der Waals surface area contributed by atoms with Crippen LogP contribution in [0.1, 0.15) is 34.6 Å².